The SMILES string of the molecule is OC(c1c(F)cc(F)cc1F)C1Cc2ccccc2C1. The van der Waals surface area contributed by atoms with Crippen molar-refractivity contribution in [3.63, 3.8) is 0 Å². The van der Waals surface area contributed by atoms with Crippen LogP contribution in [0, 0.1) is 23.4 Å². The van der Waals surface area contributed by atoms with Crippen LogP contribution in [0.15, 0.2) is 36.4 Å². The first-order valence-corrected chi connectivity index (χ1v) is 6.45. The molecule has 4 heteroatoms. The Morgan fingerprint density at radius 1 is 0.950 bits per heavy atom. The van der Waals surface area contributed by atoms with E-state index in [2.05, 4.69) is 0 Å². The molecule has 0 bridgehead atoms. The van der Waals surface area contributed by atoms with E-state index >= 15 is 0 Å². The van der Waals surface area contributed by atoms with Crippen LogP contribution in [0.5, 0.6) is 0 Å². The van der Waals surface area contributed by atoms with Crippen molar-refractivity contribution in [1.82, 2.24) is 0 Å². The summed E-state index contributed by atoms with van der Waals surface area (Å²) in [7, 11) is 0. The predicted octanol–water partition coefficient (Wildman–Crippen LogP) is 3.55. The lowest BCUT2D eigenvalue weighted by molar-refractivity contribution is 0.105. The standard InChI is InChI=1S/C16H13F3O/c17-12-7-13(18)15(14(19)8-12)16(20)11-5-9-3-1-2-4-10(9)6-11/h1-4,7-8,11,16,20H,5-6H2. The van der Waals surface area contributed by atoms with Crippen molar-refractivity contribution in [2.45, 2.75) is 18.9 Å². The molecule has 0 aliphatic heterocycles. The van der Waals surface area contributed by atoms with Crippen LogP contribution in [0.1, 0.15) is 22.8 Å². The lowest BCUT2D eigenvalue weighted by Crippen LogP contribution is -2.16. The Hall–Kier alpha value is -1.81. The van der Waals surface area contributed by atoms with E-state index in [-0.39, 0.29) is 5.92 Å². The average molecular weight is 278 g/mol. The highest BCUT2D eigenvalue weighted by Gasteiger charge is 2.31. The quantitative estimate of drug-likeness (QED) is 0.890. The van der Waals surface area contributed by atoms with Crippen LogP contribution in [0.25, 0.3) is 0 Å². The molecule has 1 aliphatic rings. The molecule has 1 atom stereocenters. The van der Waals surface area contributed by atoms with Gasteiger partial charge in [0, 0.05) is 12.1 Å². The summed E-state index contributed by atoms with van der Waals surface area (Å²) in [6.07, 6.45) is -0.149. The van der Waals surface area contributed by atoms with Crippen LogP contribution in [0.2, 0.25) is 0 Å². The van der Waals surface area contributed by atoms with Gasteiger partial charge >= 0.3 is 0 Å². The third-order valence-corrected chi connectivity index (χ3v) is 3.87. The van der Waals surface area contributed by atoms with Crippen LogP contribution >= 0.6 is 0 Å². The molecular weight excluding hydrogens is 265 g/mol. The first kappa shape index (κ1) is 13.2. The first-order valence-electron chi connectivity index (χ1n) is 6.45. The molecule has 2 aromatic carbocycles. The van der Waals surface area contributed by atoms with Crippen LogP contribution in [-0.4, -0.2) is 5.11 Å². The lowest BCUT2D eigenvalue weighted by Gasteiger charge is -2.19. The van der Waals surface area contributed by atoms with Gasteiger partial charge in [0.2, 0.25) is 0 Å². The molecule has 0 fully saturated rings. The highest BCUT2D eigenvalue weighted by atomic mass is 19.1. The summed E-state index contributed by atoms with van der Waals surface area (Å²) in [5.74, 6) is -3.34. The summed E-state index contributed by atoms with van der Waals surface area (Å²) >= 11 is 0. The monoisotopic (exact) mass is 278 g/mol. The predicted molar refractivity (Wildman–Crippen MR) is 68.6 cm³/mol. The molecule has 0 heterocycles. The maximum absolute atomic E-state index is 13.7. The van der Waals surface area contributed by atoms with Gasteiger partial charge in [-0.15, -0.1) is 0 Å². The molecule has 20 heavy (non-hydrogen) atoms. The minimum atomic E-state index is -1.28. The average Bonchev–Trinajstić information content (AvgIpc) is 2.81. The molecule has 0 saturated carbocycles. The van der Waals surface area contributed by atoms with Crippen molar-refractivity contribution in [2.24, 2.45) is 5.92 Å². The Morgan fingerprint density at radius 3 is 1.95 bits per heavy atom. The maximum Gasteiger partial charge on any atom is 0.134 e. The molecular formula is C16H13F3O. The number of benzene rings is 2. The second kappa shape index (κ2) is 4.94. The van der Waals surface area contributed by atoms with Crippen molar-refractivity contribution < 1.29 is 18.3 Å². The van der Waals surface area contributed by atoms with E-state index in [0.29, 0.717) is 25.0 Å². The Balaban J connectivity index is 1.90. The maximum atomic E-state index is 13.7. The van der Waals surface area contributed by atoms with Crippen molar-refractivity contribution >= 4 is 0 Å². The number of halogens is 3. The molecule has 2 aromatic rings. The summed E-state index contributed by atoms with van der Waals surface area (Å²) in [6, 6.07) is 8.88. The van der Waals surface area contributed by atoms with Crippen LogP contribution < -0.4 is 0 Å². The van der Waals surface area contributed by atoms with Crippen molar-refractivity contribution in [3.05, 3.63) is 70.5 Å². The number of aliphatic hydroxyl groups excluding tert-OH is 1. The second-order valence-corrected chi connectivity index (χ2v) is 5.16. The molecule has 3 rings (SSSR count). The molecule has 1 nitrogen and oxygen atoms in total. The van der Waals surface area contributed by atoms with E-state index in [1.54, 1.807) is 0 Å². The van der Waals surface area contributed by atoms with Crippen LogP contribution in [0.4, 0.5) is 13.2 Å². The zero-order chi connectivity index (χ0) is 14.3. The Bertz CT molecular complexity index is 606. The number of fused-ring (bicyclic) bond motifs is 1. The molecule has 1 aliphatic carbocycles. The summed E-state index contributed by atoms with van der Waals surface area (Å²) in [5.41, 5.74) is 1.73. The lowest BCUT2D eigenvalue weighted by atomic mass is 9.92. The van der Waals surface area contributed by atoms with E-state index < -0.39 is 29.1 Å². The van der Waals surface area contributed by atoms with Gasteiger partial charge in [-0.3, -0.25) is 0 Å². The van der Waals surface area contributed by atoms with Gasteiger partial charge in [0.15, 0.2) is 0 Å². The molecule has 0 saturated heterocycles. The Morgan fingerprint density at radius 2 is 1.45 bits per heavy atom. The number of rotatable bonds is 2. The van der Waals surface area contributed by atoms with E-state index in [1.165, 1.54) is 0 Å². The smallest absolute Gasteiger partial charge is 0.134 e. The molecule has 0 spiro atoms. The fourth-order valence-electron chi connectivity index (χ4n) is 2.89. The Kier molecular flexibility index (Phi) is 3.26. The van der Waals surface area contributed by atoms with E-state index in [1.807, 2.05) is 24.3 Å². The molecule has 0 radical (unpaired) electrons. The second-order valence-electron chi connectivity index (χ2n) is 5.16. The van der Waals surface area contributed by atoms with Crippen molar-refractivity contribution in [3.8, 4) is 0 Å². The molecule has 0 aromatic heterocycles. The van der Waals surface area contributed by atoms with Crippen LogP contribution in [-0.2, 0) is 12.8 Å². The Labute approximate surface area is 114 Å². The van der Waals surface area contributed by atoms with Gasteiger partial charge in [0.05, 0.1) is 11.7 Å². The third kappa shape index (κ3) is 2.20. The fourth-order valence-corrected chi connectivity index (χ4v) is 2.89. The summed E-state index contributed by atoms with van der Waals surface area (Å²) in [6.45, 7) is 0. The van der Waals surface area contributed by atoms with E-state index in [9.17, 15) is 18.3 Å². The summed E-state index contributed by atoms with van der Waals surface area (Å²) in [4.78, 5) is 0. The van der Waals surface area contributed by atoms with Gasteiger partial charge in [0.25, 0.3) is 0 Å². The van der Waals surface area contributed by atoms with E-state index in [4.69, 9.17) is 0 Å². The van der Waals surface area contributed by atoms with Gasteiger partial charge in [-0.1, -0.05) is 24.3 Å². The third-order valence-electron chi connectivity index (χ3n) is 3.87. The van der Waals surface area contributed by atoms with Gasteiger partial charge in [0.1, 0.15) is 17.5 Å². The first-order chi connectivity index (χ1) is 9.56. The van der Waals surface area contributed by atoms with Crippen molar-refractivity contribution in [2.75, 3.05) is 0 Å². The summed E-state index contributed by atoms with van der Waals surface area (Å²) < 4.78 is 40.3. The summed E-state index contributed by atoms with van der Waals surface area (Å²) in [5, 5.41) is 10.2. The van der Waals surface area contributed by atoms with E-state index in [0.717, 1.165) is 11.1 Å². The molecule has 0 amide bonds. The van der Waals surface area contributed by atoms with Gasteiger partial charge in [-0.2, -0.15) is 0 Å². The minimum absolute atomic E-state index is 0.290. The fraction of sp³-hybridized carbons (Fsp3) is 0.250. The van der Waals surface area contributed by atoms with Crippen LogP contribution in [0.3, 0.4) is 0 Å². The highest BCUT2D eigenvalue weighted by molar-refractivity contribution is 5.34. The normalized spacial score (nSPS) is 16.2. The largest absolute Gasteiger partial charge is 0.388 e. The molecule has 104 valence electrons. The molecule has 1 unspecified atom stereocenters. The van der Waals surface area contributed by atoms with Gasteiger partial charge < -0.3 is 5.11 Å². The van der Waals surface area contributed by atoms with Gasteiger partial charge in [-0.25, -0.2) is 13.2 Å². The highest BCUT2D eigenvalue weighted by Crippen LogP contribution is 2.37. The van der Waals surface area contributed by atoms with Gasteiger partial charge in [-0.05, 0) is 29.9 Å². The van der Waals surface area contributed by atoms with Crippen molar-refractivity contribution in [1.29, 1.82) is 0 Å². The zero-order valence-corrected chi connectivity index (χ0v) is 10.6. The minimum Gasteiger partial charge on any atom is -0.388 e. The number of aliphatic hydroxyl groups is 1. The zero-order valence-electron chi connectivity index (χ0n) is 10.6. The topological polar surface area (TPSA) is 20.2 Å². The number of hydrogen-bond donors (Lipinski definition) is 1. The molecule has 1 N–H and O–H groups in total. The number of hydrogen-bond acceptors (Lipinski definition) is 1.